The zero-order valence-electron chi connectivity index (χ0n) is 5.60. The van der Waals surface area contributed by atoms with Gasteiger partial charge in [-0.3, -0.25) is 0 Å². The van der Waals surface area contributed by atoms with Crippen LogP contribution in [-0.2, 0) is 0 Å². The molecule has 2 rings (SSSR count). The van der Waals surface area contributed by atoms with Crippen molar-refractivity contribution >= 4 is 24.2 Å². The Hall–Kier alpha value is -1.56. The second-order valence-corrected chi connectivity index (χ2v) is 2.33. The average Bonchev–Trinajstić information content (AvgIpc) is 2.31. The first-order valence-corrected chi connectivity index (χ1v) is 3.02. The monoisotopic (exact) mass is 150 g/mol. The van der Waals surface area contributed by atoms with Crippen molar-refractivity contribution in [2.45, 2.75) is 5.54 Å². The van der Waals surface area contributed by atoms with Crippen LogP contribution in [-0.4, -0.2) is 29.8 Å². The van der Waals surface area contributed by atoms with E-state index in [0.29, 0.717) is 5.84 Å². The fourth-order valence-corrected chi connectivity index (χ4v) is 0.844. The molecular weight excluding hydrogens is 144 g/mol. The molecule has 1 unspecified atom stereocenters. The van der Waals surface area contributed by atoms with Crippen molar-refractivity contribution in [2.75, 3.05) is 0 Å². The summed E-state index contributed by atoms with van der Waals surface area (Å²) in [4.78, 5) is 7.56. The Morgan fingerprint density at radius 2 is 2.18 bits per heavy atom. The highest BCUT2D eigenvalue weighted by atomic mass is 15.3. The van der Waals surface area contributed by atoms with Gasteiger partial charge in [0.05, 0.1) is 6.21 Å². The Balaban J connectivity index is 2.49. The van der Waals surface area contributed by atoms with Gasteiger partial charge in [-0.1, -0.05) is 0 Å². The van der Waals surface area contributed by atoms with E-state index >= 15 is 0 Å². The molecule has 6 nitrogen and oxygen atoms in total. The summed E-state index contributed by atoms with van der Waals surface area (Å²) in [5.41, 5.74) is 10.2. The molecule has 0 bridgehead atoms. The summed E-state index contributed by atoms with van der Waals surface area (Å²) in [5.74, 6) is 0.556. The second kappa shape index (κ2) is 1.73. The number of nitrogens with zero attached hydrogens (tertiary/aromatic N) is 4. The summed E-state index contributed by atoms with van der Waals surface area (Å²) in [7, 11) is 0. The minimum absolute atomic E-state index is 0.162. The van der Waals surface area contributed by atoms with Crippen LogP contribution in [0.1, 0.15) is 0 Å². The zero-order chi connectivity index (χ0) is 7.90. The van der Waals surface area contributed by atoms with Gasteiger partial charge in [0, 0.05) is 6.21 Å². The highest BCUT2D eigenvalue weighted by molar-refractivity contribution is 6.27. The van der Waals surface area contributed by atoms with Crippen LogP contribution in [0.2, 0.25) is 0 Å². The smallest absolute Gasteiger partial charge is 0.221 e. The molecular formula is C5H6N6. The minimum atomic E-state index is -0.830. The molecule has 6 heteroatoms. The van der Waals surface area contributed by atoms with Crippen molar-refractivity contribution in [1.82, 2.24) is 0 Å². The van der Waals surface area contributed by atoms with Gasteiger partial charge in [-0.2, -0.15) is 10.1 Å². The number of guanidine groups is 1. The number of amidine groups is 1. The molecule has 0 amide bonds. The Kier molecular flexibility index (Phi) is 0.970. The van der Waals surface area contributed by atoms with Gasteiger partial charge < -0.3 is 11.5 Å². The minimum Gasteiger partial charge on any atom is -0.368 e. The number of nitrogens with two attached hydrogens (primary N) is 2. The molecule has 56 valence electrons. The zero-order valence-corrected chi connectivity index (χ0v) is 5.60. The van der Waals surface area contributed by atoms with Gasteiger partial charge >= 0.3 is 0 Å². The lowest BCUT2D eigenvalue weighted by Gasteiger charge is -2.16. The molecule has 2 aliphatic rings. The van der Waals surface area contributed by atoms with Gasteiger partial charge in [-0.15, -0.1) is 5.10 Å². The fraction of sp³-hybridized carbons (Fsp3) is 0.200. The highest BCUT2D eigenvalue weighted by Crippen LogP contribution is 2.10. The molecule has 1 atom stereocenters. The first-order valence-electron chi connectivity index (χ1n) is 3.02. The van der Waals surface area contributed by atoms with Crippen molar-refractivity contribution in [3.8, 4) is 0 Å². The van der Waals surface area contributed by atoms with E-state index in [0.717, 1.165) is 0 Å². The van der Waals surface area contributed by atoms with Gasteiger partial charge in [0.25, 0.3) is 0 Å². The van der Waals surface area contributed by atoms with Crippen LogP contribution >= 0.6 is 0 Å². The van der Waals surface area contributed by atoms with E-state index in [1.165, 1.54) is 12.4 Å². The van der Waals surface area contributed by atoms with Crippen LogP contribution in [0.25, 0.3) is 0 Å². The molecule has 0 aliphatic carbocycles. The number of hydrogen-bond donors (Lipinski definition) is 2. The fourth-order valence-electron chi connectivity index (χ4n) is 0.844. The second-order valence-electron chi connectivity index (χ2n) is 2.33. The lowest BCUT2D eigenvalue weighted by atomic mass is 10.0. The molecule has 0 saturated heterocycles. The summed E-state index contributed by atoms with van der Waals surface area (Å²) in [6.07, 6.45) is 2.95. The van der Waals surface area contributed by atoms with Crippen LogP contribution in [0.15, 0.2) is 20.2 Å². The molecule has 0 saturated carbocycles. The number of aliphatic imine (C=N–C) groups is 2. The largest absolute Gasteiger partial charge is 0.368 e. The predicted molar refractivity (Wildman–Crippen MR) is 43.0 cm³/mol. The van der Waals surface area contributed by atoms with E-state index in [9.17, 15) is 0 Å². The normalized spacial score (nSPS) is 33.2. The van der Waals surface area contributed by atoms with Crippen molar-refractivity contribution < 1.29 is 0 Å². The van der Waals surface area contributed by atoms with Gasteiger partial charge in [0.1, 0.15) is 0 Å². The van der Waals surface area contributed by atoms with Crippen LogP contribution < -0.4 is 11.5 Å². The molecule has 2 aliphatic heterocycles. The van der Waals surface area contributed by atoms with Crippen LogP contribution in [0, 0.1) is 0 Å². The van der Waals surface area contributed by atoms with E-state index in [4.69, 9.17) is 11.5 Å². The Bertz CT molecular complexity index is 311. The average molecular weight is 150 g/mol. The molecule has 11 heavy (non-hydrogen) atoms. The molecule has 0 spiro atoms. The van der Waals surface area contributed by atoms with E-state index in [2.05, 4.69) is 20.2 Å². The third-order valence-corrected chi connectivity index (χ3v) is 1.44. The molecule has 4 N–H and O–H groups in total. The molecule has 2 heterocycles. The summed E-state index contributed by atoms with van der Waals surface area (Å²) in [5, 5.41) is 7.30. The summed E-state index contributed by atoms with van der Waals surface area (Å²) in [6, 6.07) is 0. The molecule has 0 aromatic heterocycles. The third kappa shape index (κ3) is 0.761. The Labute approximate surface area is 62.4 Å². The van der Waals surface area contributed by atoms with Gasteiger partial charge in [0.15, 0.2) is 11.4 Å². The molecule has 0 aromatic carbocycles. The summed E-state index contributed by atoms with van der Waals surface area (Å²) < 4.78 is 0. The van der Waals surface area contributed by atoms with Crippen molar-refractivity contribution in [1.29, 1.82) is 0 Å². The maximum absolute atomic E-state index is 5.73. The lowest BCUT2D eigenvalue weighted by molar-refractivity contribution is 1.02. The molecule has 0 radical (unpaired) electrons. The maximum atomic E-state index is 5.73. The van der Waals surface area contributed by atoms with Crippen LogP contribution in [0.5, 0.6) is 0 Å². The van der Waals surface area contributed by atoms with E-state index in [1.807, 2.05) is 0 Å². The number of rotatable bonds is 0. The molecule has 0 aromatic rings. The number of hydrogen-bond acceptors (Lipinski definition) is 6. The SMILES string of the molecule is NC1=NC2=NN=CC2(N)C=N1. The lowest BCUT2D eigenvalue weighted by Crippen LogP contribution is -2.51. The van der Waals surface area contributed by atoms with Crippen molar-refractivity contribution in [3.05, 3.63) is 0 Å². The van der Waals surface area contributed by atoms with Gasteiger partial charge in [-0.25, -0.2) is 4.99 Å². The van der Waals surface area contributed by atoms with Crippen LogP contribution in [0.4, 0.5) is 0 Å². The van der Waals surface area contributed by atoms with E-state index < -0.39 is 5.54 Å². The first-order chi connectivity index (χ1) is 5.21. The highest BCUT2D eigenvalue weighted by Gasteiger charge is 2.34. The predicted octanol–water partition coefficient (Wildman–Crippen LogP) is -1.52. The van der Waals surface area contributed by atoms with Gasteiger partial charge in [0.2, 0.25) is 5.96 Å². The Morgan fingerprint density at radius 1 is 1.36 bits per heavy atom. The van der Waals surface area contributed by atoms with Crippen LogP contribution in [0.3, 0.4) is 0 Å². The maximum Gasteiger partial charge on any atom is 0.221 e. The molecule has 0 fully saturated rings. The standard InChI is InChI=1S/C5H6N6/c6-4-8-1-5(7)2-9-11-3(5)10-4/h1-2H,7H2,(H2,6,10,11). The van der Waals surface area contributed by atoms with Crippen molar-refractivity contribution in [2.24, 2.45) is 31.7 Å². The van der Waals surface area contributed by atoms with Gasteiger partial charge in [-0.05, 0) is 0 Å². The summed E-state index contributed by atoms with van der Waals surface area (Å²) >= 11 is 0. The topological polar surface area (TPSA) is 101 Å². The van der Waals surface area contributed by atoms with E-state index in [-0.39, 0.29) is 5.96 Å². The van der Waals surface area contributed by atoms with Crippen molar-refractivity contribution in [3.63, 3.8) is 0 Å². The Morgan fingerprint density at radius 3 is 3.00 bits per heavy atom. The third-order valence-electron chi connectivity index (χ3n) is 1.44. The summed E-state index contributed by atoms with van der Waals surface area (Å²) in [6.45, 7) is 0. The van der Waals surface area contributed by atoms with E-state index in [1.54, 1.807) is 0 Å². The quantitative estimate of drug-likeness (QED) is 0.438. The number of fused-ring (bicyclic) bond motifs is 1. The first kappa shape index (κ1) is 6.17.